The highest BCUT2D eigenvalue weighted by Crippen LogP contribution is 2.29. The number of carbonyl (C=O) groups excluding carboxylic acids is 1. The number of rotatable bonds is 5. The Hall–Kier alpha value is -2.09. The molecular weight excluding hydrogens is 376 g/mol. The fraction of sp³-hybridized carbons (Fsp3) is 0.278. The van der Waals surface area contributed by atoms with Gasteiger partial charge in [0.2, 0.25) is 15.9 Å². The van der Waals surface area contributed by atoms with Crippen molar-refractivity contribution in [2.24, 2.45) is 0 Å². The molecule has 1 aliphatic rings. The van der Waals surface area contributed by atoms with Gasteiger partial charge in [-0.15, -0.1) is 0 Å². The van der Waals surface area contributed by atoms with Crippen LogP contribution >= 0.6 is 11.6 Å². The van der Waals surface area contributed by atoms with Gasteiger partial charge in [-0.05, 0) is 48.7 Å². The lowest BCUT2D eigenvalue weighted by Crippen LogP contribution is -2.28. The minimum Gasteiger partial charge on any atom is -0.508 e. The van der Waals surface area contributed by atoms with Gasteiger partial charge < -0.3 is 10.4 Å². The molecule has 138 valence electrons. The number of halogens is 1. The molecule has 2 N–H and O–H groups in total. The van der Waals surface area contributed by atoms with Crippen LogP contribution in [0.25, 0.3) is 0 Å². The van der Waals surface area contributed by atoms with E-state index in [1.54, 1.807) is 18.2 Å². The molecule has 2 aromatic carbocycles. The lowest BCUT2D eigenvalue weighted by molar-refractivity contribution is -0.115. The SMILES string of the molecule is O=C(Cc1ccc(O)cc1)Nc1ccc(Cl)c(S(=O)(=O)N2CCCC2)c1. The second-order valence-corrected chi connectivity index (χ2v) is 8.46. The molecule has 3 rings (SSSR count). The highest BCUT2D eigenvalue weighted by Gasteiger charge is 2.29. The summed E-state index contributed by atoms with van der Waals surface area (Å²) in [5.41, 5.74) is 1.11. The van der Waals surface area contributed by atoms with E-state index in [9.17, 15) is 18.3 Å². The van der Waals surface area contributed by atoms with Gasteiger partial charge in [0.15, 0.2) is 0 Å². The molecule has 0 saturated carbocycles. The number of nitrogens with zero attached hydrogens (tertiary/aromatic N) is 1. The first-order valence-corrected chi connectivity index (χ1v) is 10.1. The van der Waals surface area contributed by atoms with Gasteiger partial charge in [-0.2, -0.15) is 4.31 Å². The Kier molecular flexibility index (Phi) is 5.50. The normalized spacial score (nSPS) is 15.1. The zero-order chi connectivity index (χ0) is 18.7. The van der Waals surface area contributed by atoms with Crippen molar-refractivity contribution in [2.45, 2.75) is 24.2 Å². The number of carbonyl (C=O) groups is 1. The third-order valence-corrected chi connectivity index (χ3v) is 6.58. The molecule has 1 saturated heterocycles. The highest BCUT2D eigenvalue weighted by molar-refractivity contribution is 7.89. The molecule has 1 amide bonds. The maximum atomic E-state index is 12.7. The predicted octanol–water partition coefficient (Wildman–Crippen LogP) is 3.01. The summed E-state index contributed by atoms with van der Waals surface area (Å²) in [6.07, 6.45) is 1.77. The maximum Gasteiger partial charge on any atom is 0.244 e. The van der Waals surface area contributed by atoms with Crippen molar-refractivity contribution in [2.75, 3.05) is 18.4 Å². The van der Waals surface area contributed by atoms with E-state index in [0.29, 0.717) is 18.8 Å². The maximum absolute atomic E-state index is 12.7. The van der Waals surface area contributed by atoms with E-state index in [4.69, 9.17) is 11.6 Å². The average molecular weight is 395 g/mol. The van der Waals surface area contributed by atoms with Crippen molar-refractivity contribution < 1.29 is 18.3 Å². The van der Waals surface area contributed by atoms with E-state index in [2.05, 4.69) is 5.32 Å². The van der Waals surface area contributed by atoms with Gasteiger partial charge in [0, 0.05) is 18.8 Å². The van der Waals surface area contributed by atoms with Gasteiger partial charge in [0.1, 0.15) is 10.6 Å². The van der Waals surface area contributed by atoms with Crippen LogP contribution in [0.15, 0.2) is 47.4 Å². The van der Waals surface area contributed by atoms with Gasteiger partial charge in [0.05, 0.1) is 11.4 Å². The zero-order valence-corrected chi connectivity index (χ0v) is 15.6. The molecule has 0 bridgehead atoms. The van der Waals surface area contributed by atoms with E-state index in [1.165, 1.54) is 28.6 Å². The Morgan fingerprint density at radius 3 is 2.42 bits per heavy atom. The van der Waals surface area contributed by atoms with Crippen molar-refractivity contribution in [1.29, 1.82) is 0 Å². The van der Waals surface area contributed by atoms with E-state index in [-0.39, 0.29) is 28.0 Å². The summed E-state index contributed by atoms with van der Waals surface area (Å²) >= 11 is 6.10. The van der Waals surface area contributed by atoms with Gasteiger partial charge in [0.25, 0.3) is 0 Å². The molecule has 1 heterocycles. The van der Waals surface area contributed by atoms with Crippen molar-refractivity contribution in [1.82, 2.24) is 4.31 Å². The summed E-state index contributed by atoms with van der Waals surface area (Å²) in [7, 11) is -3.67. The Labute approximate surface area is 157 Å². The molecule has 0 aromatic heterocycles. The smallest absolute Gasteiger partial charge is 0.244 e. The summed E-state index contributed by atoms with van der Waals surface area (Å²) in [6.45, 7) is 0.964. The van der Waals surface area contributed by atoms with Crippen LogP contribution in [0.4, 0.5) is 5.69 Å². The summed E-state index contributed by atoms with van der Waals surface area (Å²) in [5, 5.41) is 12.1. The largest absolute Gasteiger partial charge is 0.508 e. The van der Waals surface area contributed by atoms with Crippen LogP contribution in [-0.2, 0) is 21.2 Å². The van der Waals surface area contributed by atoms with Crippen molar-refractivity contribution in [3.8, 4) is 5.75 Å². The van der Waals surface area contributed by atoms with Crippen LogP contribution in [-0.4, -0.2) is 36.8 Å². The number of benzene rings is 2. The lowest BCUT2D eigenvalue weighted by Gasteiger charge is -2.17. The van der Waals surface area contributed by atoms with Crippen LogP contribution in [0.5, 0.6) is 5.75 Å². The Morgan fingerprint density at radius 2 is 1.77 bits per heavy atom. The fourth-order valence-corrected chi connectivity index (χ4v) is 4.87. The Balaban J connectivity index is 1.76. The Morgan fingerprint density at radius 1 is 1.12 bits per heavy atom. The minimum atomic E-state index is -3.67. The number of phenols is 1. The summed E-state index contributed by atoms with van der Waals surface area (Å²) < 4.78 is 26.9. The molecule has 0 aliphatic carbocycles. The molecule has 0 radical (unpaired) electrons. The lowest BCUT2D eigenvalue weighted by atomic mass is 10.1. The van der Waals surface area contributed by atoms with Crippen LogP contribution < -0.4 is 5.32 Å². The van der Waals surface area contributed by atoms with Crippen LogP contribution in [0.1, 0.15) is 18.4 Å². The van der Waals surface area contributed by atoms with Gasteiger partial charge in [-0.25, -0.2) is 8.42 Å². The molecule has 8 heteroatoms. The van der Waals surface area contributed by atoms with Crippen molar-refractivity contribution in [3.05, 3.63) is 53.1 Å². The van der Waals surface area contributed by atoms with Gasteiger partial charge in [-0.3, -0.25) is 4.79 Å². The second kappa shape index (κ2) is 7.65. The molecule has 0 spiro atoms. The van der Waals surface area contributed by atoms with Gasteiger partial charge in [-0.1, -0.05) is 23.7 Å². The van der Waals surface area contributed by atoms with E-state index in [1.807, 2.05) is 0 Å². The molecule has 6 nitrogen and oxygen atoms in total. The standard InChI is InChI=1S/C18H19ClN2O4S/c19-16-8-5-14(12-17(16)26(24,25)21-9-1-2-10-21)20-18(23)11-13-3-6-15(22)7-4-13/h3-8,12,22H,1-2,9-11H2,(H,20,23). The number of phenolic OH excluding ortho intramolecular Hbond substituents is 1. The number of sulfonamides is 1. The highest BCUT2D eigenvalue weighted by atomic mass is 35.5. The summed E-state index contributed by atoms with van der Waals surface area (Å²) in [5.74, 6) is -0.161. The topological polar surface area (TPSA) is 86.7 Å². The van der Waals surface area contributed by atoms with E-state index in [0.717, 1.165) is 18.4 Å². The number of hydrogen-bond acceptors (Lipinski definition) is 4. The number of amides is 1. The van der Waals surface area contributed by atoms with E-state index >= 15 is 0 Å². The molecule has 26 heavy (non-hydrogen) atoms. The fourth-order valence-electron chi connectivity index (χ4n) is 2.85. The monoisotopic (exact) mass is 394 g/mol. The summed E-state index contributed by atoms with van der Waals surface area (Å²) in [6, 6.07) is 10.8. The Bertz CT molecular complexity index is 907. The predicted molar refractivity (Wildman–Crippen MR) is 99.9 cm³/mol. The molecule has 0 unspecified atom stereocenters. The molecule has 0 atom stereocenters. The molecule has 1 aliphatic heterocycles. The van der Waals surface area contributed by atoms with Crippen LogP contribution in [0, 0.1) is 0 Å². The van der Waals surface area contributed by atoms with Crippen LogP contribution in [0.3, 0.4) is 0 Å². The van der Waals surface area contributed by atoms with Gasteiger partial charge >= 0.3 is 0 Å². The first-order valence-electron chi connectivity index (χ1n) is 8.24. The molecule has 1 fully saturated rings. The average Bonchev–Trinajstić information content (AvgIpc) is 3.14. The van der Waals surface area contributed by atoms with Crippen molar-refractivity contribution >= 4 is 33.2 Å². The molecular formula is C18H19ClN2O4S. The number of nitrogens with one attached hydrogen (secondary N) is 1. The minimum absolute atomic E-state index is 0.00324. The first-order chi connectivity index (χ1) is 12.4. The third-order valence-electron chi connectivity index (χ3n) is 4.20. The molecule has 2 aromatic rings. The first kappa shape index (κ1) is 18.7. The third kappa shape index (κ3) is 4.17. The number of aromatic hydroxyl groups is 1. The zero-order valence-electron chi connectivity index (χ0n) is 14.0. The number of anilines is 1. The number of hydrogen-bond donors (Lipinski definition) is 2. The van der Waals surface area contributed by atoms with Crippen LogP contribution in [0.2, 0.25) is 5.02 Å². The second-order valence-electron chi connectivity index (χ2n) is 6.15. The van der Waals surface area contributed by atoms with Crippen molar-refractivity contribution in [3.63, 3.8) is 0 Å². The summed E-state index contributed by atoms with van der Waals surface area (Å²) in [4.78, 5) is 12.2. The quantitative estimate of drug-likeness (QED) is 0.816. The van der Waals surface area contributed by atoms with E-state index < -0.39 is 10.0 Å².